The molecule has 1 saturated carbocycles. The highest BCUT2D eigenvalue weighted by Gasteiger charge is 2.30. The van der Waals surface area contributed by atoms with Gasteiger partial charge in [-0.3, -0.25) is 9.82 Å². The Balaban J connectivity index is 1.61. The minimum Gasteiger partial charge on any atom is -0.494 e. The Morgan fingerprint density at radius 1 is 1.26 bits per heavy atom. The van der Waals surface area contributed by atoms with Gasteiger partial charge >= 0.3 is 6.09 Å². The predicted molar refractivity (Wildman–Crippen MR) is 118 cm³/mol. The van der Waals surface area contributed by atoms with E-state index in [1.807, 2.05) is 19.9 Å². The fourth-order valence-electron chi connectivity index (χ4n) is 3.56. The number of nitrogens with zero attached hydrogens (tertiary/aromatic N) is 1. The second-order valence-electron chi connectivity index (χ2n) is 7.96. The number of aromatic nitrogens is 2. The summed E-state index contributed by atoms with van der Waals surface area (Å²) in [6.07, 6.45) is 3.05. The highest BCUT2D eigenvalue weighted by Crippen LogP contribution is 2.36. The molecule has 31 heavy (non-hydrogen) atoms. The number of aromatic amines is 1. The molecule has 1 aliphatic carbocycles. The summed E-state index contributed by atoms with van der Waals surface area (Å²) in [5, 5.41) is 13.3. The second-order valence-corrected chi connectivity index (χ2v) is 9.71. The number of alkyl carbamates (subject to hydrolysis) is 1. The minimum atomic E-state index is -3.41. The van der Waals surface area contributed by atoms with E-state index < -0.39 is 10.0 Å². The fourth-order valence-corrected chi connectivity index (χ4v) is 4.13. The number of rotatable bonds is 8. The lowest BCUT2D eigenvalue weighted by atomic mass is 10.0. The van der Waals surface area contributed by atoms with Gasteiger partial charge in [0.05, 0.1) is 19.1 Å². The van der Waals surface area contributed by atoms with E-state index in [1.54, 1.807) is 18.2 Å². The lowest BCUT2D eigenvalue weighted by Gasteiger charge is -2.14. The molecule has 1 heterocycles. The molecular weight excluding hydrogens is 422 g/mol. The van der Waals surface area contributed by atoms with Crippen molar-refractivity contribution in [3.8, 4) is 5.75 Å². The van der Waals surface area contributed by atoms with Crippen molar-refractivity contribution < 1.29 is 22.7 Å². The molecule has 10 nitrogen and oxygen atoms in total. The van der Waals surface area contributed by atoms with E-state index in [9.17, 15) is 13.2 Å². The molecule has 1 amide bonds. The maximum atomic E-state index is 11.8. The Morgan fingerprint density at radius 2 is 2.03 bits per heavy atom. The molecule has 0 bridgehead atoms. The summed E-state index contributed by atoms with van der Waals surface area (Å²) in [5.41, 5.74) is 2.03. The van der Waals surface area contributed by atoms with Crippen LogP contribution in [0.4, 0.5) is 22.0 Å². The Hall–Kier alpha value is -2.95. The quantitative estimate of drug-likeness (QED) is 0.484. The largest absolute Gasteiger partial charge is 0.494 e. The van der Waals surface area contributed by atoms with Gasteiger partial charge in [0, 0.05) is 35.5 Å². The maximum absolute atomic E-state index is 11.8. The first kappa shape index (κ1) is 22.7. The van der Waals surface area contributed by atoms with Gasteiger partial charge in [-0.25, -0.2) is 13.2 Å². The Bertz CT molecular complexity index is 1020. The molecule has 0 saturated heterocycles. The number of amides is 1. The second kappa shape index (κ2) is 9.46. The number of benzene rings is 1. The lowest BCUT2D eigenvalue weighted by molar-refractivity contribution is 0.0981. The number of ether oxygens (including phenoxy) is 2. The number of carbonyl (C=O) groups is 1. The highest BCUT2D eigenvalue weighted by atomic mass is 32.2. The van der Waals surface area contributed by atoms with Crippen LogP contribution in [0.5, 0.6) is 5.75 Å². The third kappa shape index (κ3) is 6.51. The van der Waals surface area contributed by atoms with Crippen LogP contribution >= 0.6 is 0 Å². The van der Waals surface area contributed by atoms with Crippen molar-refractivity contribution in [3.05, 3.63) is 30.0 Å². The molecule has 4 N–H and O–H groups in total. The first-order valence-corrected chi connectivity index (χ1v) is 12.0. The zero-order valence-corrected chi connectivity index (χ0v) is 18.9. The summed E-state index contributed by atoms with van der Waals surface area (Å²) in [6, 6.07) is 7.01. The zero-order chi connectivity index (χ0) is 22.6. The van der Waals surface area contributed by atoms with Gasteiger partial charge in [0.1, 0.15) is 11.9 Å². The molecule has 2 aromatic rings. The van der Waals surface area contributed by atoms with Gasteiger partial charge in [0.15, 0.2) is 5.82 Å². The number of hydrogen-bond acceptors (Lipinski definition) is 7. The molecule has 170 valence electrons. The Kier molecular flexibility index (Phi) is 6.94. The van der Waals surface area contributed by atoms with E-state index in [0.717, 1.165) is 31.2 Å². The predicted octanol–water partition coefficient (Wildman–Crippen LogP) is 3.30. The van der Waals surface area contributed by atoms with Crippen LogP contribution in [0.3, 0.4) is 0 Å². The van der Waals surface area contributed by atoms with Crippen LogP contribution in [-0.2, 0) is 14.8 Å². The monoisotopic (exact) mass is 451 g/mol. The minimum absolute atomic E-state index is 0.0424. The van der Waals surface area contributed by atoms with Gasteiger partial charge in [-0.05, 0) is 45.2 Å². The van der Waals surface area contributed by atoms with E-state index in [-0.39, 0.29) is 24.2 Å². The van der Waals surface area contributed by atoms with E-state index in [4.69, 9.17) is 9.47 Å². The van der Waals surface area contributed by atoms with Gasteiger partial charge < -0.3 is 20.1 Å². The first-order valence-electron chi connectivity index (χ1n) is 10.1. The SMILES string of the molecule is COc1cc(Nc2cc([C@@H]3CC[C@H](OC(=O)NC(C)C)C3)[nH]n2)ccc1NS(C)(=O)=O. The summed E-state index contributed by atoms with van der Waals surface area (Å²) in [7, 11) is -1.94. The molecule has 0 radical (unpaired) electrons. The van der Waals surface area contributed by atoms with Crippen LogP contribution < -0.4 is 20.1 Å². The molecule has 1 aromatic carbocycles. The molecule has 3 rings (SSSR count). The van der Waals surface area contributed by atoms with Gasteiger partial charge in [0.25, 0.3) is 0 Å². The number of nitrogens with one attached hydrogen (secondary N) is 4. The van der Waals surface area contributed by atoms with E-state index in [1.165, 1.54) is 7.11 Å². The van der Waals surface area contributed by atoms with Crippen LogP contribution in [0.15, 0.2) is 24.3 Å². The number of H-pyrrole nitrogens is 1. The van der Waals surface area contributed by atoms with E-state index in [2.05, 4.69) is 25.6 Å². The van der Waals surface area contributed by atoms with Crippen molar-refractivity contribution in [2.24, 2.45) is 0 Å². The lowest BCUT2D eigenvalue weighted by Crippen LogP contribution is -2.33. The van der Waals surface area contributed by atoms with Crippen LogP contribution in [0.2, 0.25) is 0 Å². The summed E-state index contributed by atoms with van der Waals surface area (Å²) < 4.78 is 36.1. The number of carbonyl (C=O) groups excluding carboxylic acids is 1. The number of sulfonamides is 1. The molecule has 1 aliphatic rings. The number of methoxy groups -OCH3 is 1. The molecule has 0 spiro atoms. The molecule has 11 heteroatoms. The smallest absolute Gasteiger partial charge is 0.407 e. The van der Waals surface area contributed by atoms with Crippen LogP contribution in [-0.4, -0.2) is 50.2 Å². The van der Waals surface area contributed by atoms with Crippen LogP contribution in [0.25, 0.3) is 0 Å². The topological polar surface area (TPSA) is 134 Å². The van der Waals surface area contributed by atoms with E-state index in [0.29, 0.717) is 22.9 Å². The average molecular weight is 452 g/mol. The van der Waals surface area contributed by atoms with Gasteiger partial charge in [0.2, 0.25) is 10.0 Å². The number of hydrogen-bond donors (Lipinski definition) is 4. The summed E-state index contributed by atoms with van der Waals surface area (Å²) >= 11 is 0. The summed E-state index contributed by atoms with van der Waals surface area (Å²) in [5.74, 6) is 1.25. The van der Waals surface area contributed by atoms with Crippen LogP contribution in [0.1, 0.15) is 44.7 Å². The summed E-state index contributed by atoms with van der Waals surface area (Å²) in [4.78, 5) is 11.8. The Labute approximate surface area is 182 Å². The van der Waals surface area contributed by atoms with Crippen molar-refractivity contribution in [1.82, 2.24) is 15.5 Å². The fraction of sp³-hybridized carbons (Fsp3) is 0.500. The Morgan fingerprint density at radius 3 is 2.71 bits per heavy atom. The van der Waals surface area contributed by atoms with Crippen molar-refractivity contribution >= 4 is 33.3 Å². The third-order valence-corrected chi connectivity index (χ3v) is 5.46. The highest BCUT2D eigenvalue weighted by molar-refractivity contribution is 7.92. The normalized spacial score (nSPS) is 18.6. The van der Waals surface area contributed by atoms with Crippen molar-refractivity contribution in [1.29, 1.82) is 0 Å². The third-order valence-electron chi connectivity index (χ3n) is 4.87. The molecule has 0 aliphatic heterocycles. The first-order chi connectivity index (χ1) is 14.6. The number of anilines is 3. The van der Waals surface area contributed by atoms with Crippen molar-refractivity contribution in [2.75, 3.05) is 23.4 Å². The summed E-state index contributed by atoms with van der Waals surface area (Å²) in [6.45, 7) is 3.78. The molecular formula is C20H29N5O5S. The van der Waals surface area contributed by atoms with E-state index >= 15 is 0 Å². The maximum Gasteiger partial charge on any atom is 0.407 e. The van der Waals surface area contributed by atoms with Gasteiger partial charge in [-0.1, -0.05) is 0 Å². The van der Waals surface area contributed by atoms with Gasteiger partial charge in [-0.2, -0.15) is 5.10 Å². The standard InChI is InChI=1S/C20H29N5O5S/c1-12(2)21-20(26)30-15-7-5-13(9-15)17-11-19(24-23-17)22-14-6-8-16(18(10-14)29-3)25-31(4,27)28/h6,8,10-13,15,25H,5,7,9H2,1-4H3,(H,21,26)(H2,22,23,24)/t13-,15+/m1/s1. The molecule has 2 atom stereocenters. The van der Waals surface area contributed by atoms with Crippen molar-refractivity contribution in [3.63, 3.8) is 0 Å². The van der Waals surface area contributed by atoms with Crippen LogP contribution in [0, 0.1) is 0 Å². The zero-order valence-electron chi connectivity index (χ0n) is 18.1. The average Bonchev–Trinajstić information content (AvgIpc) is 3.30. The molecule has 1 aromatic heterocycles. The van der Waals surface area contributed by atoms with Crippen molar-refractivity contribution in [2.45, 2.75) is 51.2 Å². The molecule has 0 unspecified atom stereocenters. The molecule has 1 fully saturated rings. The van der Waals surface area contributed by atoms with Gasteiger partial charge in [-0.15, -0.1) is 0 Å².